The quantitative estimate of drug-likeness (QED) is 0.335. The number of aliphatic hydroxyl groups excluding tert-OH is 1. The molecule has 2 aromatic heterocycles. The van der Waals surface area contributed by atoms with Crippen LogP contribution in [0.3, 0.4) is 0 Å². The van der Waals surface area contributed by atoms with Crippen LogP contribution in [0.4, 0.5) is 26.2 Å². The van der Waals surface area contributed by atoms with Crippen LogP contribution >= 0.6 is 0 Å². The number of aryl methyl sites for hydroxylation is 1. The van der Waals surface area contributed by atoms with E-state index in [9.17, 15) is 13.6 Å². The van der Waals surface area contributed by atoms with Crippen molar-refractivity contribution in [1.82, 2.24) is 25.1 Å². The molecule has 2 heterocycles. The number of nitrogens with two attached hydrogens (primary N) is 1. The van der Waals surface area contributed by atoms with Gasteiger partial charge in [-0.3, -0.25) is 4.79 Å². The van der Waals surface area contributed by atoms with Crippen LogP contribution in [-0.2, 0) is 6.42 Å². The van der Waals surface area contributed by atoms with Gasteiger partial charge in [0.15, 0.2) is 0 Å². The molecule has 194 valence electrons. The van der Waals surface area contributed by atoms with Gasteiger partial charge in [0.1, 0.15) is 5.82 Å². The van der Waals surface area contributed by atoms with E-state index in [0.717, 1.165) is 12.0 Å². The number of hydrogen-bond acceptors (Lipinski definition) is 9. The first-order valence-corrected chi connectivity index (χ1v) is 11.2. The summed E-state index contributed by atoms with van der Waals surface area (Å²) < 4.78 is 30.0. The molecule has 0 aliphatic heterocycles. The number of anilines is 3. The minimum Gasteiger partial charge on any atom is -0.415 e. The van der Waals surface area contributed by atoms with E-state index in [0.29, 0.717) is 11.3 Å². The van der Waals surface area contributed by atoms with Crippen molar-refractivity contribution in [2.24, 2.45) is 0 Å². The molecule has 2 aromatic carbocycles. The van der Waals surface area contributed by atoms with Gasteiger partial charge in [-0.15, -0.1) is 10.2 Å². The minimum atomic E-state index is -2.88. The average molecular weight is 512 g/mol. The molecule has 0 spiro atoms. The summed E-state index contributed by atoms with van der Waals surface area (Å²) >= 11 is 0. The smallest absolute Gasteiger partial charge is 0.314 e. The number of aliphatic hydroxyl groups is 1. The zero-order chi connectivity index (χ0) is 26.9. The van der Waals surface area contributed by atoms with Gasteiger partial charge < -0.3 is 25.5 Å². The van der Waals surface area contributed by atoms with E-state index >= 15 is 0 Å². The van der Waals surface area contributed by atoms with Gasteiger partial charge in [0.2, 0.25) is 5.95 Å². The fourth-order valence-electron chi connectivity index (χ4n) is 3.18. The molecular formula is C25H27F2N7O3. The van der Waals surface area contributed by atoms with Crippen LogP contribution in [0.25, 0.3) is 11.5 Å². The molecule has 10 nitrogen and oxygen atoms in total. The molecular weight excluding hydrogens is 484 g/mol. The van der Waals surface area contributed by atoms with Gasteiger partial charge in [-0.2, -0.15) is 13.8 Å². The summed E-state index contributed by atoms with van der Waals surface area (Å²) in [5.74, 6) is -0.933. The lowest BCUT2D eigenvalue weighted by molar-refractivity contribution is 0.0827. The number of benzene rings is 2. The van der Waals surface area contributed by atoms with Gasteiger partial charge in [0.05, 0.1) is 5.56 Å². The number of amides is 1. The highest BCUT2D eigenvalue weighted by molar-refractivity contribution is 5.95. The van der Waals surface area contributed by atoms with E-state index in [1.807, 2.05) is 37.3 Å². The summed E-state index contributed by atoms with van der Waals surface area (Å²) in [5.41, 5.74) is 9.21. The normalized spacial score (nSPS) is 10.6. The van der Waals surface area contributed by atoms with Gasteiger partial charge in [0.25, 0.3) is 17.7 Å². The predicted octanol–water partition coefficient (Wildman–Crippen LogP) is 4.02. The highest BCUT2D eigenvalue weighted by Gasteiger charge is 2.19. The Balaban J connectivity index is 0.000000356. The Hall–Kier alpha value is -4.45. The lowest BCUT2D eigenvalue weighted by atomic mass is 10.1. The van der Waals surface area contributed by atoms with E-state index < -0.39 is 12.3 Å². The zero-order valence-electron chi connectivity index (χ0n) is 20.5. The van der Waals surface area contributed by atoms with E-state index in [1.54, 1.807) is 32.3 Å². The number of aromatic nitrogens is 4. The Bertz CT molecular complexity index is 1330. The van der Waals surface area contributed by atoms with Gasteiger partial charge >= 0.3 is 6.43 Å². The van der Waals surface area contributed by atoms with E-state index in [1.165, 1.54) is 16.7 Å². The summed E-state index contributed by atoms with van der Waals surface area (Å²) in [7, 11) is 3.36. The van der Waals surface area contributed by atoms with E-state index in [4.69, 9.17) is 15.3 Å². The van der Waals surface area contributed by atoms with E-state index in [2.05, 4.69) is 25.5 Å². The Labute approximate surface area is 212 Å². The van der Waals surface area contributed by atoms with Gasteiger partial charge in [-0.05, 0) is 42.7 Å². The molecule has 0 aliphatic carbocycles. The van der Waals surface area contributed by atoms with Crippen molar-refractivity contribution in [1.29, 1.82) is 0 Å². The monoisotopic (exact) mass is 511 g/mol. The molecule has 0 atom stereocenters. The Morgan fingerprint density at radius 1 is 1.16 bits per heavy atom. The summed E-state index contributed by atoms with van der Waals surface area (Å²) in [6.07, 6.45) is -0.819. The number of alkyl halides is 2. The standard InChI is InChI=1S/C17H17F2N7O2.C8H10O/c1-8-6-9(4-5-10(8)16(27)26(2)3)22-17-21-7-11(13(20)23-17)14-24-25-15(28-14)12(18)19;9-7-6-8-4-2-1-3-5-8/h4-7,12H,1-3H3,(H3,20,21,22,23);1-5,9H,6-7H2. The lowest BCUT2D eigenvalue weighted by Crippen LogP contribution is -2.22. The summed E-state index contributed by atoms with van der Waals surface area (Å²) in [6.45, 7) is 2.06. The molecule has 4 N–H and O–H groups in total. The third-order valence-electron chi connectivity index (χ3n) is 5.04. The maximum atomic E-state index is 12.6. The zero-order valence-corrected chi connectivity index (χ0v) is 20.5. The van der Waals surface area contributed by atoms with Crippen LogP contribution in [0.5, 0.6) is 0 Å². The Morgan fingerprint density at radius 2 is 1.89 bits per heavy atom. The van der Waals surface area contributed by atoms with Crippen molar-refractivity contribution in [2.45, 2.75) is 19.8 Å². The topological polar surface area (TPSA) is 143 Å². The number of rotatable bonds is 7. The minimum absolute atomic E-state index is 0.0157. The second kappa shape index (κ2) is 12.5. The molecule has 4 rings (SSSR count). The van der Waals surface area contributed by atoms with Crippen molar-refractivity contribution in [3.8, 4) is 11.5 Å². The molecule has 0 aliphatic rings. The highest BCUT2D eigenvalue weighted by Crippen LogP contribution is 2.27. The van der Waals surface area contributed by atoms with Crippen LogP contribution < -0.4 is 11.1 Å². The molecule has 37 heavy (non-hydrogen) atoms. The number of carbonyl (C=O) groups excluding carboxylic acids is 1. The number of carbonyl (C=O) groups is 1. The fourth-order valence-corrected chi connectivity index (χ4v) is 3.18. The van der Waals surface area contributed by atoms with Crippen molar-refractivity contribution >= 4 is 23.4 Å². The summed E-state index contributed by atoms with van der Waals surface area (Å²) in [4.78, 5) is 21.8. The number of nitrogens with zero attached hydrogens (tertiary/aromatic N) is 5. The molecule has 4 aromatic rings. The molecule has 0 radical (unpaired) electrons. The van der Waals surface area contributed by atoms with Crippen LogP contribution in [0.15, 0.2) is 59.1 Å². The van der Waals surface area contributed by atoms with E-state index in [-0.39, 0.29) is 35.7 Å². The van der Waals surface area contributed by atoms with Crippen LogP contribution in [0, 0.1) is 6.92 Å². The highest BCUT2D eigenvalue weighted by atomic mass is 19.3. The molecule has 0 unspecified atom stereocenters. The molecule has 12 heteroatoms. The SMILES string of the molecule is Cc1cc(Nc2ncc(-c3nnc(C(F)F)o3)c(N)n2)ccc1C(=O)N(C)C.OCCc1ccccc1. The molecule has 0 saturated heterocycles. The number of nitrogens with one attached hydrogen (secondary N) is 1. The Kier molecular flexibility index (Phi) is 9.16. The fraction of sp³-hybridized carbons (Fsp3) is 0.240. The molecule has 0 fully saturated rings. The summed E-state index contributed by atoms with van der Waals surface area (Å²) in [5, 5.41) is 18.3. The second-order valence-electron chi connectivity index (χ2n) is 8.05. The van der Waals surface area contributed by atoms with Crippen molar-refractivity contribution in [3.05, 3.63) is 77.3 Å². The van der Waals surface area contributed by atoms with Gasteiger partial charge in [0, 0.05) is 38.1 Å². The van der Waals surface area contributed by atoms with Gasteiger partial charge in [-0.25, -0.2) is 4.98 Å². The first-order valence-electron chi connectivity index (χ1n) is 11.2. The second-order valence-corrected chi connectivity index (χ2v) is 8.05. The Morgan fingerprint density at radius 3 is 2.46 bits per heavy atom. The van der Waals surface area contributed by atoms with Crippen LogP contribution in [0.1, 0.15) is 33.8 Å². The number of hydrogen-bond donors (Lipinski definition) is 3. The maximum Gasteiger partial charge on any atom is 0.314 e. The first-order chi connectivity index (χ1) is 17.7. The number of halogens is 2. The van der Waals surface area contributed by atoms with Crippen LogP contribution in [0.2, 0.25) is 0 Å². The molecule has 0 saturated carbocycles. The molecule has 0 bridgehead atoms. The molecule has 1 amide bonds. The lowest BCUT2D eigenvalue weighted by Gasteiger charge is -2.14. The van der Waals surface area contributed by atoms with Crippen molar-refractivity contribution in [3.63, 3.8) is 0 Å². The summed E-state index contributed by atoms with van der Waals surface area (Å²) in [6, 6.07) is 15.1. The first kappa shape index (κ1) is 27.1. The average Bonchev–Trinajstić information content (AvgIpc) is 3.36. The van der Waals surface area contributed by atoms with Crippen molar-refractivity contribution < 1.29 is 23.1 Å². The number of nitrogen functional groups attached to an aromatic ring is 1. The maximum absolute atomic E-state index is 12.6. The third-order valence-corrected chi connectivity index (χ3v) is 5.04. The predicted molar refractivity (Wildman–Crippen MR) is 134 cm³/mol. The van der Waals surface area contributed by atoms with Crippen molar-refractivity contribution in [2.75, 3.05) is 31.8 Å². The van der Waals surface area contributed by atoms with Crippen LogP contribution in [-0.4, -0.2) is 56.8 Å². The third kappa shape index (κ3) is 7.27. The van der Waals surface area contributed by atoms with Gasteiger partial charge in [-0.1, -0.05) is 30.3 Å². The largest absolute Gasteiger partial charge is 0.415 e.